The van der Waals surface area contributed by atoms with E-state index in [0.717, 1.165) is 12.0 Å². The molecule has 0 fully saturated rings. The van der Waals surface area contributed by atoms with Gasteiger partial charge in [-0.05, 0) is 24.0 Å². The van der Waals surface area contributed by atoms with Crippen LogP contribution in [0.2, 0.25) is 0 Å². The molecule has 0 amide bonds. The summed E-state index contributed by atoms with van der Waals surface area (Å²) in [4.78, 5) is 23.3. The van der Waals surface area contributed by atoms with Gasteiger partial charge in [0.05, 0.1) is 0 Å². The Kier molecular flexibility index (Phi) is 4.88. The fourth-order valence-electron chi connectivity index (χ4n) is 2.25. The number of carboxylic acid groups (broad SMARTS) is 1. The van der Waals surface area contributed by atoms with E-state index < -0.39 is 5.97 Å². The molecular weight excluding hydrogens is 264 g/mol. The molecule has 0 heterocycles. The molecule has 0 saturated heterocycles. The number of carboxylic acids is 1. The molecule has 108 valence electrons. The number of benzene rings is 2. The number of carbonyl (C=O) groups is 2. The maximum absolute atomic E-state index is 12.6. The molecule has 3 nitrogen and oxygen atoms in total. The van der Waals surface area contributed by atoms with Gasteiger partial charge in [0.25, 0.3) is 0 Å². The minimum atomic E-state index is -0.857. The molecule has 0 spiro atoms. The topological polar surface area (TPSA) is 54.4 Å². The van der Waals surface area contributed by atoms with Crippen LogP contribution in [-0.4, -0.2) is 16.9 Å². The second kappa shape index (κ2) is 6.84. The van der Waals surface area contributed by atoms with Gasteiger partial charge in [-0.1, -0.05) is 55.5 Å². The van der Waals surface area contributed by atoms with Crippen LogP contribution in [0.15, 0.2) is 48.5 Å². The first-order valence-corrected chi connectivity index (χ1v) is 7.05. The molecule has 0 aliphatic carbocycles. The quantitative estimate of drug-likeness (QED) is 0.825. The van der Waals surface area contributed by atoms with Crippen molar-refractivity contribution >= 4 is 11.8 Å². The first-order chi connectivity index (χ1) is 10.1. The molecule has 0 atom stereocenters. The van der Waals surface area contributed by atoms with Crippen molar-refractivity contribution in [2.45, 2.75) is 26.2 Å². The lowest BCUT2D eigenvalue weighted by Crippen LogP contribution is -2.07. The van der Waals surface area contributed by atoms with Gasteiger partial charge in [-0.15, -0.1) is 0 Å². The third-order valence-electron chi connectivity index (χ3n) is 3.49. The van der Waals surface area contributed by atoms with E-state index in [1.165, 1.54) is 5.56 Å². The zero-order chi connectivity index (χ0) is 15.2. The average Bonchev–Trinajstić information content (AvgIpc) is 2.52. The van der Waals surface area contributed by atoms with Gasteiger partial charge in [0.2, 0.25) is 0 Å². The molecule has 21 heavy (non-hydrogen) atoms. The van der Waals surface area contributed by atoms with E-state index in [1.807, 2.05) is 36.4 Å². The molecule has 3 heteroatoms. The van der Waals surface area contributed by atoms with Gasteiger partial charge in [0, 0.05) is 17.5 Å². The number of aryl methyl sites for hydroxylation is 2. The second-order valence-corrected chi connectivity index (χ2v) is 4.93. The molecule has 0 aliphatic rings. The Balaban J connectivity index is 2.27. The molecule has 0 saturated carbocycles. The van der Waals surface area contributed by atoms with Crippen molar-refractivity contribution in [2.24, 2.45) is 0 Å². The van der Waals surface area contributed by atoms with Crippen molar-refractivity contribution in [3.05, 3.63) is 70.8 Å². The van der Waals surface area contributed by atoms with Crippen LogP contribution < -0.4 is 0 Å². The van der Waals surface area contributed by atoms with E-state index in [2.05, 4.69) is 6.92 Å². The van der Waals surface area contributed by atoms with Crippen LogP contribution in [0.25, 0.3) is 0 Å². The van der Waals surface area contributed by atoms with E-state index in [4.69, 9.17) is 5.11 Å². The third-order valence-corrected chi connectivity index (χ3v) is 3.49. The number of rotatable bonds is 6. The highest BCUT2D eigenvalue weighted by molar-refractivity contribution is 6.09. The predicted octanol–water partition coefficient (Wildman–Crippen LogP) is 3.50. The maximum atomic E-state index is 12.6. The monoisotopic (exact) mass is 282 g/mol. The normalized spacial score (nSPS) is 10.3. The smallest absolute Gasteiger partial charge is 0.303 e. The van der Waals surface area contributed by atoms with Crippen molar-refractivity contribution in [3.8, 4) is 0 Å². The Morgan fingerprint density at radius 3 is 2.29 bits per heavy atom. The molecular formula is C18H18O3. The Bertz CT molecular complexity index is 642. The molecule has 0 unspecified atom stereocenters. The van der Waals surface area contributed by atoms with Gasteiger partial charge >= 0.3 is 5.97 Å². The van der Waals surface area contributed by atoms with Crippen molar-refractivity contribution in [2.75, 3.05) is 0 Å². The van der Waals surface area contributed by atoms with Gasteiger partial charge in [-0.3, -0.25) is 9.59 Å². The molecule has 0 aromatic heterocycles. The zero-order valence-corrected chi connectivity index (χ0v) is 12.0. The summed E-state index contributed by atoms with van der Waals surface area (Å²) in [6.45, 7) is 2.07. The Morgan fingerprint density at radius 1 is 1.00 bits per heavy atom. The lowest BCUT2D eigenvalue weighted by molar-refractivity contribution is -0.136. The van der Waals surface area contributed by atoms with E-state index >= 15 is 0 Å². The zero-order valence-electron chi connectivity index (χ0n) is 12.0. The molecule has 0 radical (unpaired) electrons. The van der Waals surface area contributed by atoms with E-state index in [9.17, 15) is 9.59 Å². The summed E-state index contributed by atoms with van der Waals surface area (Å²) < 4.78 is 0. The summed E-state index contributed by atoms with van der Waals surface area (Å²) >= 11 is 0. The van der Waals surface area contributed by atoms with Gasteiger partial charge in [0.15, 0.2) is 5.78 Å². The number of hydrogen-bond donors (Lipinski definition) is 1. The fourth-order valence-corrected chi connectivity index (χ4v) is 2.25. The van der Waals surface area contributed by atoms with Crippen molar-refractivity contribution in [1.29, 1.82) is 0 Å². The highest BCUT2D eigenvalue weighted by atomic mass is 16.4. The lowest BCUT2D eigenvalue weighted by atomic mass is 9.95. The van der Waals surface area contributed by atoms with E-state index in [0.29, 0.717) is 17.5 Å². The van der Waals surface area contributed by atoms with Gasteiger partial charge < -0.3 is 5.11 Å². The van der Waals surface area contributed by atoms with Crippen LogP contribution in [0.3, 0.4) is 0 Å². The lowest BCUT2D eigenvalue weighted by Gasteiger charge is -2.08. The summed E-state index contributed by atoms with van der Waals surface area (Å²) in [5.41, 5.74) is 3.19. The second-order valence-electron chi connectivity index (χ2n) is 4.93. The summed E-state index contributed by atoms with van der Waals surface area (Å²) in [6, 6.07) is 14.8. The summed E-state index contributed by atoms with van der Waals surface area (Å²) in [7, 11) is 0. The van der Waals surface area contributed by atoms with Crippen LogP contribution in [-0.2, 0) is 17.6 Å². The minimum Gasteiger partial charge on any atom is -0.481 e. The Labute approximate surface area is 124 Å². The maximum Gasteiger partial charge on any atom is 0.303 e. The van der Waals surface area contributed by atoms with E-state index in [-0.39, 0.29) is 12.2 Å². The van der Waals surface area contributed by atoms with Crippen LogP contribution in [0.1, 0.15) is 40.4 Å². The fraction of sp³-hybridized carbons (Fsp3) is 0.222. The van der Waals surface area contributed by atoms with Gasteiger partial charge in [0.1, 0.15) is 0 Å². The van der Waals surface area contributed by atoms with Crippen molar-refractivity contribution in [1.82, 2.24) is 0 Å². The molecule has 1 N–H and O–H groups in total. The predicted molar refractivity (Wildman–Crippen MR) is 81.7 cm³/mol. The molecule has 2 aromatic rings. The SMILES string of the molecule is CCc1ccc(C(=O)c2ccccc2CCC(=O)O)cc1. The largest absolute Gasteiger partial charge is 0.481 e. The summed E-state index contributed by atoms with van der Waals surface area (Å²) in [5, 5.41) is 8.79. The Hall–Kier alpha value is -2.42. The van der Waals surface area contributed by atoms with Crippen molar-refractivity contribution in [3.63, 3.8) is 0 Å². The molecule has 0 aliphatic heterocycles. The third kappa shape index (κ3) is 3.78. The number of carbonyl (C=O) groups excluding carboxylic acids is 1. The van der Waals surface area contributed by atoms with Crippen LogP contribution in [0.5, 0.6) is 0 Å². The highest BCUT2D eigenvalue weighted by Crippen LogP contribution is 2.17. The standard InChI is InChI=1S/C18H18O3/c1-2-13-7-9-15(10-8-13)18(21)16-6-4-3-5-14(16)11-12-17(19)20/h3-10H,2,11-12H2,1H3,(H,19,20). The number of aliphatic carboxylic acids is 1. The average molecular weight is 282 g/mol. The van der Waals surface area contributed by atoms with Crippen LogP contribution in [0.4, 0.5) is 0 Å². The van der Waals surface area contributed by atoms with Crippen LogP contribution in [0, 0.1) is 0 Å². The first-order valence-electron chi connectivity index (χ1n) is 7.05. The number of hydrogen-bond acceptors (Lipinski definition) is 2. The first kappa shape index (κ1) is 15.0. The van der Waals surface area contributed by atoms with Gasteiger partial charge in [-0.25, -0.2) is 0 Å². The minimum absolute atomic E-state index is 0.0269. The Morgan fingerprint density at radius 2 is 1.67 bits per heavy atom. The van der Waals surface area contributed by atoms with Gasteiger partial charge in [-0.2, -0.15) is 0 Å². The summed E-state index contributed by atoms with van der Waals surface area (Å²) in [6.07, 6.45) is 1.33. The van der Waals surface area contributed by atoms with Crippen LogP contribution >= 0.6 is 0 Å². The molecule has 2 rings (SSSR count). The van der Waals surface area contributed by atoms with E-state index in [1.54, 1.807) is 12.1 Å². The molecule has 0 bridgehead atoms. The molecule has 2 aromatic carbocycles. The summed E-state index contributed by atoms with van der Waals surface area (Å²) in [5.74, 6) is -0.914. The number of ketones is 1. The van der Waals surface area contributed by atoms with Crippen molar-refractivity contribution < 1.29 is 14.7 Å². The highest BCUT2D eigenvalue weighted by Gasteiger charge is 2.13.